The summed E-state index contributed by atoms with van der Waals surface area (Å²) >= 11 is 1.57. The van der Waals surface area contributed by atoms with Crippen LogP contribution in [0.25, 0.3) is 0 Å². The van der Waals surface area contributed by atoms with Crippen molar-refractivity contribution in [3.05, 3.63) is 11.1 Å². The van der Waals surface area contributed by atoms with Crippen molar-refractivity contribution in [1.29, 1.82) is 0 Å². The van der Waals surface area contributed by atoms with Crippen LogP contribution in [0, 0.1) is 0 Å². The zero-order valence-electron chi connectivity index (χ0n) is 9.60. The minimum Gasteiger partial charge on any atom is -0.375 e. The monoisotopic (exact) mass is 263 g/mol. The molecule has 1 aromatic rings. The first-order valence-electron chi connectivity index (χ1n) is 5.12. The second-order valence-electron chi connectivity index (χ2n) is 4.48. The summed E-state index contributed by atoms with van der Waals surface area (Å²) in [6.45, 7) is 7.94. The van der Waals surface area contributed by atoms with E-state index in [4.69, 9.17) is 10.5 Å². The van der Waals surface area contributed by atoms with Gasteiger partial charge in [-0.15, -0.1) is 23.7 Å². The number of nitrogen functional groups attached to an aromatic ring is 1. The fourth-order valence-electron chi connectivity index (χ4n) is 1.87. The molecule has 4 nitrogen and oxygen atoms in total. The number of halogens is 1. The Morgan fingerprint density at radius 2 is 2.38 bits per heavy atom. The van der Waals surface area contributed by atoms with Gasteiger partial charge in [-0.1, -0.05) is 0 Å². The first-order valence-corrected chi connectivity index (χ1v) is 5.93. The van der Waals surface area contributed by atoms with Crippen molar-refractivity contribution in [3.8, 4) is 0 Å². The van der Waals surface area contributed by atoms with Crippen LogP contribution in [-0.4, -0.2) is 35.2 Å². The molecule has 0 atom stereocenters. The standard InChI is InChI=1S/C10H17N3OS.ClH/c1-10(2)7-13(3-4-14-10)6-8-5-12-9(11)15-8;/h5H,3-4,6-7H2,1-2H3,(H2,11,12);1H. The largest absolute Gasteiger partial charge is 0.375 e. The second-order valence-corrected chi connectivity index (χ2v) is 5.63. The number of ether oxygens (including phenoxy) is 1. The fourth-order valence-corrected chi connectivity index (χ4v) is 2.59. The number of hydrogen-bond donors (Lipinski definition) is 1. The number of rotatable bonds is 2. The van der Waals surface area contributed by atoms with Gasteiger partial charge < -0.3 is 10.5 Å². The van der Waals surface area contributed by atoms with Crippen molar-refractivity contribution in [3.63, 3.8) is 0 Å². The predicted molar refractivity (Wildman–Crippen MR) is 69.1 cm³/mol. The van der Waals surface area contributed by atoms with E-state index in [1.54, 1.807) is 11.3 Å². The van der Waals surface area contributed by atoms with E-state index in [0.717, 1.165) is 26.2 Å². The van der Waals surface area contributed by atoms with Crippen molar-refractivity contribution in [2.75, 3.05) is 25.4 Å². The third-order valence-corrected chi connectivity index (χ3v) is 3.27. The molecular weight excluding hydrogens is 246 g/mol. The Hall–Kier alpha value is -0.360. The third kappa shape index (κ3) is 3.59. The van der Waals surface area contributed by atoms with Crippen LogP contribution in [0.5, 0.6) is 0 Å². The lowest BCUT2D eigenvalue weighted by molar-refractivity contribution is -0.0880. The Labute approximate surface area is 106 Å². The molecule has 0 aromatic carbocycles. The van der Waals surface area contributed by atoms with E-state index in [-0.39, 0.29) is 18.0 Å². The maximum Gasteiger partial charge on any atom is 0.180 e. The van der Waals surface area contributed by atoms with Crippen molar-refractivity contribution < 1.29 is 4.74 Å². The minimum atomic E-state index is -0.0333. The van der Waals surface area contributed by atoms with Crippen LogP contribution in [0.3, 0.4) is 0 Å². The molecule has 0 unspecified atom stereocenters. The molecule has 0 saturated carbocycles. The van der Waals surface area contributed by atoms with Crippen LogP contribution in [0.4, 0.5) is 5.13 Å². The molecular formula is C10H18ClN3OS. The number of thiazole rings is 1. The lowest BCUT2D eigenvalue weighted by atomic mass is 10.1. The fraction of sp³-hybridized carbons (Fsp3) is 0.700. The molecule has 0 aliphatic carbocycles. The summed E-state index contributed by atoms with van der Waals surface area (Å²) in [7, 11) is 0. The van der Waals surface area contributed by atoms with Gasteiger partial charge >= 0.3 is 0 Å². The summed E-state index contributed by atoms with van der Waals surface area (Å²) in [6.07, 6.45) is 1.86. The molecule has 0 spiro atoms. The van der Waals surface area contributed by atoms with Crippen LogP contribution >= 0.6 is 23.7 Å². The maximum atomic E-state index is 5.66. The van der Waals surface area contributed by atoms with Crippen LogP contribution in [0.1, 0.15) is 18.7 Å². The molecule has 92 valence electrons. The number of hydrogen-bond acceptors (Lipinski definition) is 5. The number of nitrogens with two attached hydrogens (primary N) is 1. The molecule has 2 heterocycles. The lowest BCUT2D eigenvalue weighted by Crippen LogP contribution is -2.47. The first-order chi connectivity index (χ1) is 7.05. The molecule has 2 N–H and O–H groups in total. The Morgan fingerprint density at radius 1 is 1.62 bits per heavy atom. The van der Waals surface area contributed by atoms with Gasteiger partial charge in [-0.05, 0) is 13.8 Å². The molecule has 16 heavy (non-hydrogen) atoms. The summed E-state index contributed by atoms with van der Waals surface area (Å²) in [5.74, 6) is 0. The molecule has 1 fully saturated rings. The van der Waals surface area contributed by atoms with Crippen molar-refractivity contribution in [2.45, 2.75) is 26.0 Å². The third-order valence-electron chi connectivity index (χ3n) is 2.46. The van der Waals surface area contributed by atoms with E-state index < -0.39 is 0 Å². The van der Waals surface area contributed by atoms with E-state index in [0.29, 0.717) is 5.13 Å². The molecule has 0 bridgehead atoms. The highest BCUT2D eigenvalue weighted by molar-refractivity contribution is 7.15. The second kappa shape index (κ2) is 5.31. The highest BCUT2D eigenvalue weighted by Crippen LogP contribution is 2.21. The molecule has 2 rings (SSSR count). The summed E-state index contributed by atoms with van der Waals surface area (Å²) < 4.78 is 5.66. The maximum absolute atomic E-state index is 5.66. The average Bonchev–Trinajstić information content (AvgIpc) is 2.49. The van der Waals surface area contributed by atoms with E-state index in [9.17, 15) is 0 Å². The van der Waals surface area contributed by atoms with Gasteiger partial charge in [0.25, 0.3) is 0 Å². The van der Waals surface area contributed by atoms with Gasteiger partial charge in [0.05, 0.1) is 12.2 Å². The van der Waals surface area contributed by atoms with E-state index in [2.05, 4.69) is 23.7 Å². The molecule has 6 heteroatoms. The zero-order valence-corrected chi connectivity index (χ0v) is 11.2. The number of anilines is 1. The topological polar surface area (TPSA) is 51.4 Å². The van der Waals surface area contributed by atoms with Gasteiger partial charge in [0.15, 0.2) is 5.13 Å². The summed E-state index contributed by atoms with van der Waals surface area (Å²) in [4.78, 5) is 7.67. The molecule has 0 amide bonds. The Balaban J connectivity index is 0.00000128. The predicted octanol–water partition coefficient (Wildman–Crippen LogP) is 1.76. The van der Waals surface area contributed by atoms with Gasteiger partial charge in [-0.3, -0.25) is 4.90 Å². The van der Waals surface area contributed by atoms with E-state index in [1.165, 1.54) is 4.88 Å². The lowest BCUT2D eigenvalue weighted by Gasteiger charge is -2.37. The smallest absolute Gasteiger partial charge is 0.180 e. The molecule has 1 saturated heterocycles. The van der Waals surface area contributed by atoms with Gasteiger partial charge in [0.2, 0.25) is 0 Å². The van der Waals surface area contributed by atoms with E-state index >= 15 is 0 Å². The SMILES string of the molecule is CC1(C)CN(Cc2cnc(N)s2)CCO1.Cl. The average molecular weight is 264 g/mol. The Bertz CT molecular complexity index is 343. The highest BCUT2D eigenvalue weighted by Gasteiger charge is 2.27. The van der Waals surface area contributed by atoms with Crippen LogP contribution in [0.2, 0.25) is 0 Å². The normalized spacial score (nSPS) is 20.4. The minimum absolute atomic E-state index is 0. The summed E-state index contributed by atoms with van der Waals surface area (Å²) in [5, 5.41) is 0.650. The van der Waals surface area contributed by atoms with Gasteiger partial charge in [0, 0.05) is 30.7 Å². The quantitative estimate of drug-likeness (QED) is 0.883. The number of morpholine rings is 1. The van der Waals surface area contributed by atoms with Crippen molar-refractivity contribution in [2.24, 2.45) is 0 Å². The molecule has 1 aliphatic heterocycles. The summed E-state index contributed by atoms with van der Waals surface area (Å²) in [5.41, 5.74) is 5.57. The van der Waals surface area contributed by atoms with Crippen molar-refractivity contribution >= 4 is 28.9 Å². The molecule has 0 radical (unpaired) electrons. The first kappa shape index (κ1) is 13.7. The van der Waals surface area contributed by atoms with Crippen LogP contribution < -0.4 is 5.73 Å². The Kier molecular flexibility index (Phi) is 4.55. The van der Waals surface area contributed by atoms with Crippen molar-refractivity contribution in [1.82, 2.24) is 9.88 Å². The van der Waals surface area contributed by atoms with Gasteiger partial charge in [-0.25, -0.2) is 4.98 Å². The highest BCUT2D eigenvalue weighted by atomic mass is 35.5. The van der Waals surface area contributed by atoms with Crippen LogP contribution in [-0.2, 0) is 11.3 Å². The molecule has 1 aromatic heterocycles. The molecule has 1 aliphatic rings. The van der Waals surface area contributed by atoms with Gasteiger partial charge in [0.1, 0.15) is 0 Å². The number of nitrogens with zero attached hydrogens (tertiary/aromatic N) is 2. The van der Waals surface area contributed by atoms with E-state index in [1.807, 2.05) is 6.20 Å². The summed E-state index contributed by atoms with van der Waals surface area (Å²) in [6, 6.07) is 0. The Morgan fingerprint density at radius 3 is 2.94 bits per heavy atom. The number of aromatic nitrogens is 1. The zero-order chi connectivity index (χ0) is 10.9. The van der Waals surface area contributed by atoms with Gasteiger partial charge in [-0.2, -0.15) is 0 Å². The van der Waals surface area contributed by atoms with Crippen LogP contribution in [0.15, 0.2) is 6.20 Å².